The third-order valence-electron chi connectivity index (χ3n) is 15.2. The van der Waals surface area contributed by atoms with Crippen molar-refractivity contribution in [3.05, 3.63) is 251 Å². The molecule has 8 nitrogen and oxygen atoms in total. The summed E-state index contributed by atoms with van der Waals surface area (Å²) in [6.45, 7) is 17.3. The van der Waals surface area contributed by atoms with Crippen LogP contribution in [0.1, 0.15) is 44.5 Å². The number of hydrogen-bond donors (Lipinski definition) is 4. The second-order valence-electron chi connectivity index (χ2n) is 21.7. The number of hydrogen-bond acceptors (Lipinski definition) is 2. The Kier molecular flexibility index (Phi) is 12.5. The molecule has 5 aromatic heterocycles. The molecule has 0 aliphatic heterocycles. The molecule has 0 amide bonds. The van der Waals surface area contributed by atoms with Crippen LogP contribution in [0.25, 0.3) is 123 Å². The van der Waals surface area contributed by atoms with Gasteiger partial charge >= 0.3 is 0 Å². The maximum atomic E-state index is 5.79. The molecule has 0 saturated heterocycles. The summed E-state index contributed by atoms with van der Waals surface area (Å²) in [6.07, 6.45) is 0. The predicted molar refractivity (Wildman–Crippen MR) is 334 cm³/mol. The van der Waals surface area contributed by atoms with Gasteiger partial charge in [-0.15, -0.1) is 0 Å². The summed E-state index contributed by atoms with van der Waals surface area (Å²) in [5, 5.41) is 0. The Labute approximate surface area is 466 Å². The number of aryl methyl sites for hydroxylation is 8. The van der Waals surface area contributed by atoms with E-state index >= 15 is 0 Å². The third-order valence-corrected chi connectivity index (χ3v) is 15.2. The van der Waals surface area contributed by atoms with Gasteiger partial charge in [-0.1, -0.05) is 203 Å². The summed E-state index contributed by atoms with van der Waals surface area (Å²) < 4.78 is 4.62. The molecule has 0 fully saturated rings. The zero-order valence-corrected chi connectivity index (χ0v) is 46.4. The van der Waals surface area contributed by atoms with E-state index in [1.807, 2.05) is 0 Å². The molecule has 0 aliphatic rings. The predicted octanol–water partition coefficient (Wildman–Crippen LogP) is 18.7. The molecule has 13 aromatic rings. The largest absolute Gasteiger partial charge is 0.327 e. The highest BCUT2D eigenvalue weighted by Gasteiger charge is 2.27. The van der Waals surface area contributed by atoms with Gasteiger partial charge in [0, 0.05) is 44.8 Å². The lowest BCUT2D eigenvalue weighted by atomic mass is 9.95. The first kappa shape index (κ1) is 49.6. The fraction of sp³-hybridized carbons (Fsp3) is 0.111. The minimum Gasteiger partial charge on any atom is -0.327 e. The average molecular weight is 1040 g/mol. The normalized spacial score (nSPS) is 11.5. The van der Waals surface area contributed by atoms with Crippen molar-refractivity contribution in [2.75, 3.05) is 0 Å². The number of aromatic amines is 4. The Morgan fingerprint density at radius 1 is 0.263 bits per heavy atom. The summed E-state index contributed by atoms with van der Waals surface area (Å²) in [7, 11) is 0. The van der Waals surface area contributed by atoms with Gasteiger partial charge in [0.1, 0.15) is 45.2 Å². The Hall–Kier alpha value is -9.92. The molecular formula is C72H62N8. The Bertz CT molecular complexity index is 4420. The molecule has 0 aliphatic carbocycles. The molecule has 8 aromatic carbocycles. The van der Waals surface area contributed by atoms with Crippen molar-refractivity contribution >= 4 is 45.2 Å². The van der Waals surface area contributed by atoms with E-state index in [0.29, 0.717) is 11.3 Å². The van der Waals surface area contributed by atoms with E-state index in [4.69, 9.17) is 9.97 Å². The second-order valence-corrected chi connectivity index (χ2v) is 21.7. The van der Waals surface area contributed by atoms with Gasteiger partial charge in [0.2, 0.25) is 0 Å². The van der Waals surface area contributed by atoms with Crippen molar-refractivity contribution < 1.29 is 0 Å². The summed E-state index contributed by atoms with van der Waals surface area (Å²) in [6, 6.07) is 74.5. The van der Waals surface area contributed by atoms with Crippen LogP contribution in [-0.4, -0.2) is 39.0 Å². The monoisotopic (exact) mass is 1040 g/mol. The maximum Gasteiger partial charge on any atom is 0.149 e. The van der Waals surface area contributed by atoms with Gasteiger partial charge in [0.05, 0.1) is 0 Å². The number of H-pyrrole nitrogens is 4. The van der Waals surface area contributed by atoms with Crippen molar-refractivity contribution in [2.45, 2.75) is 55.4 Å². The fourth-order valence-corrected chi connectivity index (χ4v) is 11.8. The van der Waals surface area contributed by atoms with Crippen molar-refractivity contribution in [1.82, 2.24) is 39.0 Å². The first-order valence-electron chi connectivity index (χ1n) is 27.5. The lowest BCUT2D eigenvalue weighted by Gasteiger charge is -2.10. The molecule has 8 heteroatoms. The molecule has 0 saturated carbocycles. The van der Waals surface area contributed by atoms with Crippen LogP contribution in [0.2, 0.25) is 0 Å². The van der Waals surface area contributed by atoms with Gasteiger partial charge in [0.15, 0.2) is 0 Å². The first-order valence-corrected chi connectivity index (χ1v) is 27.5. The number of nitrogens with one attached hydrogen (secondary N) is 4. The molecule has 5 heterocycles. The van der Waals surface area contributed by atoms with Crippen molar-refractivity contribution in [1.29, 1.82) is 0 Å². The van der Waals surface area contributed by atoms with Gasteiger partial charge < -0.3 is 19.9 Å². The minimum absolute atomic E-state index is 0.658. The quantitative estimate of drug-likeness (QED) is 0.122. The van der Waals surface area contributed by atoms with Crippen LogP contribution in [0.4, 0.5) is 0 Å². The van der Waals surface area contributed by atoms with Crippen molar-refractivity contribution in [3.8, 4) is 78.1 Å². The molecule has 4 N–H and O–H groups in total. The summed E-state index contributed by atoms with van der Waals surface area (Å²) in [5.74, 6) is 0. The molecule has 0 atom stereocenters. The number of nitrogens with zero attached hydrogens (tertiary/aromatic N) is 4. The fourth-order valence-electron chi connectivity index (χ4n) is 11.8. The third kappa shape index (κ3) is 9.14. The highest BCUT2D eigenvalue weighted by atomic mass is 15.1. The smallest absolute Gasteiger partial charge is 0.149 e. The summed E-state index contributed by atoms with van der Waals surface area (Å²) >= 11 is 0. The molecule has 0 radical (unpaired) electrons. The standard InChI is InChI=1S/C72H62N8/c1-43-17-9-25-51(35-43)61-62(52-26-10-18-44(2)36-52)68-76-67(61)77-71-65(55-29-13-21-47(5)39-55)63(53-27-11-19-45(3)37-53)69(79(71)57-31-15-23-49(7)41-57)74-59-33-34-60(73-59)75-70-64(54-28-12-20-46(4)38-54)66(56-30-14-22-48(6)40-56)72(78-68)80(70)58-32-16-24-50(8)42-58/h9-42,76-78H,1-8H3,(H,73,74,75). The van der Waals surface area contributed by atoms with Gasteiger partial charge in [-0.3, -0.25) is 9.13 Å². The van der Waals surface area contributed by atoms with E-state index in [9.17, 15) is 0 Å². The SMILES string of the molecule is Cc1cccc(-c2c(-c3cccc(C)c3)c3[nH]c2[nH]c2c(-c4cccc(C)c4)c(-c4cccc(C)c4)c(nc4ccc(nc5c(-c6cccc(C)c6)c(-c6cccc(C)c6)c([nH]3)n5-c3cccc(C)c3)[nH]4)n2-c2cccc(C)c2)c1. The lowest BCUT2D eigenvalue weighted by molar-refractivity contribution is 1.10. The van der Waals surface area contributed by atoms with E-state index in [2.05, 4.69) is 291 Å². The van der Waals surface area contributed by atoms with Crippen LogP contribution in [0.5, 0.6) is 0 Å². The zero-order chi connectivity index (χ0) is 54.8. The van der Waals surface area contributed by atoms with E-state index < -0.39 is 0 Å². The topological polar surface area (TPSA) is 98.8 Å². The highest BCUT2D eigenvalue weighted by molar-refractivity contribution is 6.07. The van der Waals surface area contributed by atoms with Crippen molar-refractivity contribution in [3.63, 3.8) is 0 Å². The van der Waals surface area contributed by atoms with Crippen LogP contribution in [0.3, 0.4) is 0 Å². The van der Waals surface area contributed by atoms with E-state index in [0.717, 1.165) is 157 Å². The molecule has 13 rings (SSSR count). The number of fused-ring (bicyclic) bond motifs is 8. The lowest BCUT2D eigenvalue weighted by Crippen LogP contribution is -1.98. The van der Waals surface area contributed by atoms with Gasteiger partial charge in [-0.05, 0) is 136 Å². The van der Waals surface area contributed by atoms with Gasteiger partial charge in [-0.25, -0.2) is 9.97 Å². The first-order chi connectivity index (χ1) is 38.9. The van der Waals surface area contributed by atoms with E-state index in [-0.39, 0.29) is 0 Å². The van der Waals surface area contributed by atoms with Crippen LogP contribution >= 0.6 is 0 Å². The molecule has 390 valence electrons. The Morgan fingerprint density at radius 3 is 0.838 bits per heavy atom. The number of aromatic nitrogens is 8. The van der Waals surface area contributed by atoms with Crippen molar-refractivity contribution in [2.24, 2.45) is 0 Å². The maximum absolute atomic E-state index is 5.79. The van der Waals surface area contributed by atoms with Crippen LogP contribution < -0.4 is 0 Å². The summed E-state index contributed by atoms with van der Waals surface area (Å²) in [4.78, 5) is 28.0. The summed E-state index contributed by atoms with van der Waals surface area (Å²) in [5.41, 5.74) is 29.6. The average Bonchev–Trinajstić information content (AvgIpc) is 4.25. The molecular weight excluding hydrogens is 977 g/mol. The second kappa shape index (κ2) is 20.1. The highest BCUT2D eigenvalue weighted by Crippen LogP contribution is 2.46. The number of rotatable bonds is 8. The van der Waals surface area contributed by atoms with Crippen LogP contribution in [0, 0.1) is 55.4 Å². The van der Waals surface area contributed by atoms with E-state index in [1.165, 1.54) is 0 Å². The molecule has 80 heavy (non-hydrogen) atoms. The Balaban J connectivity index is 1.38. The van der Waals surface area contributed by atoms with Crippen LogP contribution in [-0.2, 0) is 0 Å². The van der Waals surface area contributed by atoms with Gasteiger partial charge in [0.25, 0.3) is 0 Å². The van der Waals surface area contributed by atoms with E-state index in [1.54, 1.807) is 0 Å². The van der Waals surface area contributed by atoms with Gasteiger partial charge in [-0.2, -0.15) is 0 Å². The zero-order valence-electron chi connectivity index (χ0n) is 46.4. The Morgan fingerprint density at radius 2 is 0.537 bits per heavy atom. The molecule has 0 unspecified atom stereocenters. The molecule has 0 spiro atoms. The minimum atomic E-state index is 0.658. The number of benzene rings is 8. The molecule has 8 bridgehead atoms. The van der Waals surface area contributed by atoms with Crippen LogP contribution in [0.15, 0.2) is 206 Å².